The summed E-state index contributed by atoms with van der Waals surface area (Å²) in [5, 5.41) is 0. The molecular weight excluding hydrogens is 278 g/mol. The molecule has 1 amide bonds. The average molecular weight is 303 g/mol. The van der Waals surface area contributed by atoms with Crippen LogP contribution in [0.3, 0.4) is 0 Å². The van der Waals surface area contributed by atoms with Crippen LogP contribution >= 0.6 is 0 Å². The molecule has 2 fully saturated rings. The largest absolute Gasteiger partial charge is 0.376 e. The molecule has 3 atom stereocenters. The van der Waals surface area contributed by atoms with Gasteiger partial charge in [-0.15, -0.1) is 0 Å². The van der Waals surface area contributed by atoms with E-state index in [-0.39, 0.29) is 5.91 Å². The van der Waals surface area contributed by atoms with Crippen molar-refractivity contribution in [1.82, 2.24) is 4.90 Å². The zero-order valence-electron chi connectivity index (χ0n) is 13.2. The lowest BCUT2D eigenvalue weighted by molar-refractivity contribution is -0.159. The van der Waals surface area contributed by atoms with E-state index in [1.165, 1.54) is 5.56 Å². The summed E-state index contributed by atoms with van der Waals surface area (Å²) in [6.07, 6.45) is 1.72. The summed E-state index contributed by atoms with van der Waals surface area (Å²) in [5.74, 6) is 1.17. The lowest BCUT2D eigenvalue weighted by Gasteiger charge is -2.40. The Bertz CT molecular complexity index is 484. The quantitative estimate of drug-likeness (QED) is 0.861. The van der Waals surface area contributed by atoms with Crippen molar-refractivity contribution in [2.75, 3.05) is 32.9 Å². The maximum Gasteiger partial charge on any atom is 0.254 e. The van der Waals surface area contributed by atoms with Crippen LogP contribution in [0.1, 0.15) is 31.2 Å². The van der Waals surface area contributed by atoms with Gasteiger partial charge in [0.2, 0.25) is 0 Å². The summed E-state index contributed by atoms with van der Waals surface area (Å²) in [4.78, 5) is 14.6. The molecule has 1 aromatic rings. The first kappa shape index (κ1) is 15.5. The fraction of sp³-hybridized carbons (Fsp3) is 0.611. The normalized spacial score (nSPS) is 29.3. The molecular formula is C18H25NO3. The molecule has 0 aromatic heterocycles. The first-order chi connectivity index (χ1) is 10.8. The van der Waals surface area contributed by atoms with E-state index in [2.05, 4.69) is 37.3 Å². The SMILES string of the molecule is CC[C@@H]1CN(C(=O)[C@H]2COCCO2)CC[C@H]1c1ccccc1. The molecule has 3 rings (SSSR count). The second kappa shape index (κ2) is 7.25. The number of ether oxygens (including phenoxy) is 2. The van der Waals surface area contributed by atoms with Gasteiger partial charge in [-0.2, -0.15) is 0 Å². The number of piperidine rings is 1. The van der Waals surface area contributed by atoms with Gasteiger partial charge in [-0.25, -0.2) is 0 Å². The van der Waals surface area contributed by atoms with Crippen molar-refractivity contribution in [2.24, 2.45) is 5.92 Å². The highest BCUT2D eigenvalue weighted by molar-refractivity contribution is 5.81. The number of amides is 1. The van der Waals surface area contributed by atoms with Crippen LogP contribution in [0.2, 0.25) is 0 Å². The van der Waals surface area contributed by atoms with E-state index in [1.54, 1.807) is 0 Å². The Kier molecular flexibility index (Phi) is 5.11. The van der Waals surface area contributed by atoms with Crippen LogP contribution in [0.5, 0.6) is 0 Å². The van der Waals surface area contributed by atoms with Crippen molar-refractivity contribution in [3.63, 3.8) is 0 Å². The van der Waals surface area contributed by atoms with Gasteiger partial charge in [0.1, 0.15) is 0 Å². The van der Waals surface area contributed by atoms with Crippen molar-refractivity contribution < 1.29 is 14.3 Å². The third-order valence-electron chi connectivity index (χ3n) is 4.89. The molecule has 0 saturated carbocycles. The van der Waals surface area contributed by atoms with Gasteiger partial charge < -0.3 is 14.4 Å². The number of hydrogen-bond acceptors (Lipinski definition) is 3. The molecule has 0 unspecified atom stereocenters. The minimum Gasteiger partial charge on any atom is -0.376 e. The summed E-state index contributed by atoms with van der Waals surface area (Å²) in [6.45, 7) is 5.37. The molecule has 0 bridgehead atoms. The number of rotatable bonds is 3. The van der Waals surface area contributed by atoms with Crippen molar-refractivity contribution in [2.45, 2.75) is 31.8 Å². The van der Waals surface area contributed by atoms with Crippen molar-refractivity contribution in [3.8, 4) is 0 Å². The first-order valence-electron chi connectivity index (χ1n) is 8.32. The number of nitrogens with zero attached hydrogens (tertiary/aromatic N) is 1. The number of benzene rings is 1. The number of hydrogen-bond donors (Lipinski definition) is 0. The molecule has 0 aliphatic carbocycles. The van der Waals surface area contributed by atoms with Crippen LogP contribution < -0.4 is 0 Å². The van der Waals surface area contributed by atoms with Gasteiger partial charge in [0, 0.05) is 13.1 Å². The molecule has 0 N–H and O–H groups in total. The highest BCUT2D eigenvalue weighted by Crippen LogP contribution is 2.35. The Morgan fingerprint density at radius 3 is 2.77 bits per heavy atom. The van der Waals surface area contributed by atoms with Crippen molar-refractivity contribution in [1.29, 1.82) is 0 Å². The minimum atomic E-state index is -0.403. The summed E-state index contributed by atoms with van der Waals surface area (Å²) in [6, 6.07) is 10.7. The zero-order valence-corrected chi connectivity index (χ0v) is 13.2. The minimum absolute atomic E-state index is 0.102. The first-order valence-corrected chi connectivity index (χ1v) is 8.32. The molecule has 1 aromatic carbocycles. The van der Waals surface area contributed by atoms with Gasteiger partial charge in [0.25, 0.3) is 5.91 Å². The monoisotopic (exact) mass is 303 g/mol. The highest BCUT2D eigenvalue weighted by Gasteiger charge is 2.34. The third kappa shape index (κ3) is 3.33. The molecule has 0 spiro atoms. The van der Waals surface area contributed by atoms with Gasteiger partial charge in [-0.3, -0.25) is 4.79 Å². The maximum atomic E-state index is 12.6. The lowest BCUT2D eigenvalue weighted by atomic mass is 9.79. The zero-order chi connectivity index (χ0) is 15.4. The summed E-state index contributed by atoms with van der Waals surface area (Å²) in [7, 11) is 0. The second-order valence-electron chi connectivity index (χ2n) is 6.19. The van der Waals surface area contributed by atoms with Gasteiger partial charge in [0.15, 0.2) is 6.10 Å². The van der Waals surface area contributed by atoms with Gasteiger partial charge >= 0.3 is 0 Å². The Morgan fingerprint density at radius 2 is 2.09 bits per heavy atom. The average Bonchev–Trinajstić information content (AvgIpc) is 2.62. The number of carbonyl (C=O) groups is 1. The Morgan fingerprint density at radius 1 is 1.27 bits per heavy atom. The van der Waals surface area contributed by atoms with E-state index in [0.717, 1.165) is 25.9 Å². The summed E-state index contributed by atoms with van der Waals surface area (Å²) >= 11 is 0. The molecule has 0 radical (unpaired) electrons. The van der Waals surface area contributed by atoms with Gasteiger partial charge in [-0.1, -0.05) is 43.7 Å². The smallest absolute Gasteiger partial charge is 0.254 e. The fourth-order valence-electron chi connectivity index (χ4n) is 3.62. The van der Waals surface area contributed by atoms with Gasteiger partial charge in [0.05, 0.1) is 19.8 Å². The highest BCUT2D eigenvalue weighted by atomic mass is 16.6. The summed E-state index contributed by atoms with van der Waals surface area (Å²) < 4.78 is 10.9. The van der Waals surface area contributed by atoms with E-state index >= 15 is 0 Å². The van der Waals surface area contributed by atoms with Crippen LogP contribution in [0.15, 0.2) is 30.3 Å². The topological polar surface area (TPSA) is 38.8 Å². The number of carbonyl (C=O) groups excluding carboxylic acids is 1. The van der Waals surface area contributed by atoms with E-state index < -0.39 is 6.10 Å². The maximum absolute atomic E-state index is 12.6. The molecule has 2 aliphatic rings. The Labute approximate surface area is 132 Å². The van der Waals surface area contributed by atoms with Crippen LogP contribution in [0.4, 0.5) is 0 Å². The number of likely N-dealkylation sites (tertiary alicyclic amines) is 1. The van der Waals surface area contributed by atoms with E-state index in [9.17, 15) is 4.79 Å². The lowest BCUT2D eigenvalue weighted by Crippen LogP contribution is -2.50. The molecule has 2 heterocycles. The predicted molar refractivity (Wildman–Crippen MR) is 84.7 cm³/mol. The van der Waals surface area contributed by atoms with E-state index in [0.29, 0.717) is 31.7 Å². The Balaban J connectivity index is 1.65. The van der Waals surface area contributed by atoms with Crippen LogP contribution in [-0.4, -0.2) is 49.8 Å². The molecule has 120 valence electrons. The van der Waals surface area contributed by atoms with Crippen LogP contribution in [0.25, 0.3) is 0 Å². The molecule has 2 saturated heterocycles. The van der Waals surface area contributed by atoms with Crippen LogP contribution in [0, 0.1) is 5.92 Å². The molecule has 4 heteroatoms. The third-order valence-corrected chi connectivity index (χ3v) is 4.89. The Hall–Kier alpha value is -1.39. The summed E-state index contributed by atoms with van der Waals surface area (Å²) in [5.41, 5.74) is 1.40. The second-order valence-corrected chi connectivity index (χ2v) is 6.19. The van der Waals surface area contributed by atoms with Crippen LogP contribution in [-0.2, 0) is 14.3 Å². The van der Waals surface area contributed by atoms with E-state index in [4.69, 9.17) is 9.47 Å². The molecule has 4 nitrogen and oxygen atoms in total. The predicted octanol–water partition coefficient (Wildman–Crippen LogP) is 2.44. The standard InChI is InChI=1S/C18H25NO3/c1-2-14-12-19(18(20)17-13-21-10-11-22-17)9-8-16(14)15-6-4-3-5-7-15/h3-7,14,16-17H,2,8-13H2,1H3/t14-,16-,17-/m1/s1. The van der Waals surface area contributed by atoms with Crippen molar-refractivity contribution >= 4 is 5.91 Å². The van der Waals surface area contributed by atoms with E-state index in [1.807, 2.05) is 4.90 Å². The molecule has 22 heavy (non-hydrogen) atoms. The fourth-order valence-corrected chi connectivity index (χ4v) is 3.62. The van der Waals surface area contributed by atoms with Crippen molar-refractivity contribution in [3.05, 3.63) is 35.9 Å². The molecule has 2 aliphatic heterocycles. The van der Waals surface area contributed by atoms with Gasteiger partial charge in [-0.05, 0) is 23.8 Å².